The SMILES string of the molecule is O=Cc1cccc(CC(=O)N2CCCCCC2)c1. The van der Waals surface area contributed by atoms with Gasteiger partial charge in [0, 0.05) is 18.7 Å². The minimum atomic E-state index is 0.181. The van der Waals surface area contributed by atoms with Crippen LogP contribution in [0, 0.1) is 0 Å². The Labute approximate surface area is 108 Å². The van der Waals surface area contributed by atoms with Crippen LogP contribution in [0.15, 0.2) is 24.3 Å². The van der Waals surface area contributed by atoms with E-state index in [2.05, 4.69) is 0 Å². The van der Waals surface area contributed by atoms with E-state index in [4.69, 9.17) is 0 Å². The standard InChI is InChI=1S/C15H19NO2/c17-12-14-7-5-6-13(10-14)11-15(18)16-8-3-1-2-4-9-16/h5-7,10,12H,1-4,8-9,11H2. The summed E-state index contributed by atoms with van der Waals surface area (Å²) in [6.45, 7) is 1.76. The number of carbonyl (C=O) groups excluding carboxylic acids is 2. The Bertz CT molecular complexity index is 420. The van der Waals surface area contributed by atoms with Crippen LogP contribution >= 0.6 is 0 Å². The number of benzene rings is 1. The van der Waals surface area contributed by atoms with E-state index in [9.17, 15) is 9.59 Å². The molecule has 0 aromatic heterocycles. The summed E-state index contributed by atoms with van der Waals surface area (Å²) in [6, 6.07) is 7.28. The first kappa shape index (κ1) is 12.8. The molecule has 1 fully saturated rings. The summed E-state index contributed by atoms with van der Waals surface area (Å²) in [7, 11) is 0. The fourth-order valence-electron chi connectivity index (χ4n) is 2.38. The van der Waals surface area contributed by atoms with Crippen LogP contribution in [0.3, 0.4) is 0 Å². The molecule has 3 heteroatoms. The summed E-state index contributed by atoms with van der Waals surface area (Å²) in [5.41, 5.74) is 1.56. The molecule has 1 aromatic carbocycles. The highest BCUT2D eigenvalue weighted by atomic mass is 16.2. The van der Waals surface area contributed by atoms with Crippen LogP contribution in [0.25, 0.3) is 0 Å². The van der Waals surface area contributed by atoms with Crippen molar-refractivity contribution >= 4 is 12.2 Å². The van der Waals surface area contributed by atoms with Crippen molar-refractivity contribution in [2.45, 2.75) is 32.1 Å². The molecular weight excluding hydrogens is 226 g/mol. The van der Waals surface area contributed by atoms with Gasteiger partial charge in [0.05, 0.1) is 6.42 Å². The van der Waals surface area contributed by atoms with Gasteiger partial charge in [0.25, 0.3) is 0 Å². The van der Waals surface area contributed by atoms with Crippen molar-refractivity contribution in [3.8, 4) is 0 Å². The first-order valence-electron chi connectivity index (χ1n) is 6.61. The molecule has 0 N–H and O–H groups in total. The van der Waals surface area contributed by atoms with Crippen LogP contribution in [0.1, 0.15) is 41.6 Å². The molecule has 1 saturated heterocycles. The lowest BCUT2D eigenvalue weighted by atomic mass is 10.1. The highest BCUT2D eigenvalue weighted by Crippen LogP contribution is 2.12. The van der Waals surface area contributed by atoms with Gasteiger partial charge in [0.15, 0.2) is 0 Å². The highest BCUT2D eigenvalue weighted by molar-refractivity contribution is 5.80. The van der Waals surface area contributed by atoms with Crippen molar-refractivity contribution in [3.05, 3.63) is 35.4 Å². The fourth-order valence-corrected chi connectivity index (χ4v) is 2.38. The number of aldehydes is 1. The summed E-state index contributed by atoms with van der Waals surface area (Å²) in [6.07, 6.45) is 5.90. The maximum Gasteiger partial charge on any atom is 0.226 e. The minimum absolute atomic E-state index is 0.181. The van der Waals surface area contributed by atoms with Crippen molar-refractivity contribution < 1.29 is 9.59 Å². The zero-order valence-corrected chi connectivity index (χ0v) is 10.6. The van der Waals surface area contributed by atoms with Crippen LogP contribution in [-0.4, -0.2) is 30.2 Å². The third-order valence-electron chi connectivity index (χ3n) is 3.40. The van der Waals surface area contributed by atoms with Crippen LogP contribution < -0.4 is 0 Å². The summed E-state index contributed by atoms with van der Waals surface area (Å²) < 4.78 is 0. The van der Waals surface area contributed by atoms with E-state index in [0.717, 1.165) is 37.8 Å². The van der Waals surface area contributed by atoms with Gasteiger partial charge >= 0.3 is 0 Å². The lowest BCUT2D eigenvalue weighted by molar-refractivity contribution is -0.130. The monoisotopic (exact) mass is 245 g/mol. The lowest BCUT2D eigenvalue weighted by Crippen LogP contribution is -2.33. The van der Waals surface area contributed by atoms with Gasteiger partial charge in [-0.25, -0.2) is 0 Å². The maximum atomic E-state index is 12.2. The summed E-state index contributed by atoms with van der Waals surface area (Å²) >= 11 is 0. The number of carbonyl (C=O) groups is 2. The summed E-state index contributed by atoms with van der Waals surface area (Å²) in [5.74, 6) is 0.181. The molecule has 1 amide bonds. The molecule has 1 aliphatic heterocycles. The predicted molar refractivity (Wildman–Crippen MR) is 70.6 cm³/mol. The van der Waals surface area contributed by atoms with E-state index in [1.165, 1.54) is 12.8 Å². The van der Waals surface area contributed by atoms with Gasteiger partial charge in [-0.15, -0.1) is 0 Å². The van der Waals surface area contributed by atoms with Crippen LogP contribution in [0.2, 0.25) is 0 Å². The van der Waals surface area contributed by atoms with Crippen molar-refractivity contribution in [2.24, 2.45) is 0 Å². The van der Waals surface area contributed by atoms with E-state index in [-0.39, 0.29) is 5.91 Å². The molecule has 1 aliphatic rings. The molecule has 96 valence electrons. The number of amides is 1. The number of rotatable bonds is 3. The molecule has 0 aliphatic carbocycles. The zero-order valence-electron chi connectivity index (χ0n) is 10.6. The summed E-state index contributed by atoms with van der Waals surface area (Å²) in [4.78, 5) is 24.8. The Balaban J connectivity index is 1.98. The first-order chi connectivity index (χ1) is 8.79. The van der Waals surface area contributed by atoms with Gasteiger partial charge in [-0.05, 0) is 24.5 Å². The van der Waals surface area contributed by atoms with E-state index in [1.807, 2.05) is 17.0 Å². The highest BCUT2D eigenvalue weighted by Gasteiger charge is 2.15. The van der Waals surface area contributed by atoms with Gasteiger partial charge in [0.2, 0.25) is 5.91 Å². The Kier molecular flexibility index (Phi) is 4.51. The quantitative estimate of drug-likeness (QED) is 0.767. The normalized spacial score (nSPS) is 16.1. The molecule has 3 nitrogen and oxygen atoms in total. The molecule has 0 radical (unpaired) electrons. The molecule has 0 spiro atoms. The average molecular weight is 245 g/mol. The molecule has 0 saturated carbocycles. The molecule has 0 bridgehead atoms. The fraction of sp³-hybridized carbons (Fsp3) is 0.467. The molecule has 18 heavy (non-hydrogen) atoms. The third kappa shape index (κ3) is 3.42. The maximum absolute atomic E-state index is 12.2. The second kappa shape index (κ2) is 6.34. The number of nitrogens with zero attached hydrogens (tertiary/aromatic N) is 1. The van der Waals surface area contributed by atoms with Crippen molar-refractivity contribution in [2.75, 3.05) is 13.1 Å². The molecule has 0 unspecified atom stereocenters. The first-order valence-corrected chi connectivity index (χ1v) is 6.61. The number of hydrogen-bond donors (Lipinski definition) is 0. The smallest absolute Gasteiger partial charge is 0.226 e. The van der Waals surface area contributed by atoms with Crippen LogP contribution in [-0.2, 0) is 11.2 Å². The van der Waals surface area contributed by atoms with E-state index < -0.39 is 0 Å². The number of likely N-dealkylation sites (tertiary alicyclic amines) is 1. The zero-order chi connectivity index (χ0) is 12.8. The largest absolute Gasteiger partial charge is 0.342 e. The second-order valence-corrected chi connectivity index (χ2v) is 4.83. The Morgan fingerprint density at radius 3 is 2.56 bits per heavy atom. The number of hydrogen-bond acceptors (Lipinski definition) is 2. The summed E-state index contributed by atoms with van der Waals surface area (Å²) in [5, 5.41) is 0. The molecule has 1 aromatic rings. The minimum Gasteiger partial charge on any atom is -0.342 e. The van der Waals surface area contributed by atoms with Gasteiger partial charge < -0.3 is 4.90 Å². The van der Waals surface area contributed by atoms with Gasteiger partial charge in [-0.1, -0.05) is 31.0 Å². The van der Waals surface area contributed by atoms with Gasteiger partial charge in [0.1, 0.15) is 6.29 Å². The van der Waals surface area contributed by atoms with Gasteiger partial charge in [-0.2, -0.15) is 0 Å². The Hall–Kier alpha value is -1.64. The Morgan fingerprint density at radius 1 is 1.17 bits per heavy atom. The van der Waals surface area contributed by atoms with Crippen LogP contribution in [0.4, 0.5) is 0 Å². The average Bonchev–Trinajstić information content (AvgIpc) is 2.68. The topological polar surface area (TPSA) is 37.4 Å². The third-order valence-corrected chi connectivity index (χ3v) is 3.40. The van der Waals surface area contributed by atoms with E-state index in [1.54, 1.807) is 12.1 Å². The predicted octanol–water partition coefficient (Wildman–Crippen LogP) is 2.44. The molecule has 0 atom stereocenters. The molecule has 2 rings (SSSR count). The second-order valence-electron chi connectivity index (χ2n) is 4.83. The van der Waals surface area contributed by atoms with Gasteiger partial charge in [-0.3, -0.25) is 9.59 Å². The lowest BCUT2D eigenvalue weighted by Gasteiger charge is -2.20. The van der Waals surface area contributed by atoms with Crippen LogP contribution in [0.5, 0.6) is 0 Å². The van der Waals surface area contributed by atoms with E-state index >= 15 is 0 Å². The van der Waals surface area contributed by atoms with Crippen molar-refractivity contribution in [1.82, 2.24) is 4.90 Å². The Morgan fingerprint density at radius 2 is 1.89 bits per heavy atom. The van der Waals surface area contributed by atoms with Crippen molar-refractivity contribution in [1.29, 1.82) is 0 Å². The molecular formula is C15H19NO2. The molecule has 1 heterocycles. The van der Waals surface area contributed by atoms with E-state index in [0.29, 0.717) is 12.0 Å². The van der Waals surface area contributed by atoms with Crippen molar-refractivity contribution in [3.63, 3.8) is 0 Å².